The normalized spacial score (nSPS) is 17.6. The maximum atomic E-state index is 5.67. The Hall–Kier alpha value is -1.34. The lowest BCUT2D eigenvalue weighted by molar-refractivity contribution is 0.0787. The first-order valence-corrected chi connectivity index (χ1v) is 5.81. The van der Waals surface area contributed by atoms with Crippen molar-refractivity contribution in [3.05, 3.63) is 47.5 Å². The first-order chi connectivity index (χ1) is 7.77. The molecule has 1 heteroatoms. The molecule has 0 N–H and O–H groups in total. The molecule has 0 aliphatic heterocycles. The lowest BCUT2D eigenvalue weighted by Gasteiger charge is -2.13. The molecule has 0 radical (unpaired) electrons. The van der Waals surface area contributed by atoms with Gasteiger partial charge in [0.05, 0.1) is 5.60 Å². The molecule has 0 bridgehead atoms. The van der Waals surface area contributed by atoms with Gasteiger partial charge in [0.15, 0.2) is 0 Å². The van der Waals surface area contributed by atoms with E-state index in [9.17, 15) is 0 Å². The lowest BCUT2D eigenvalue weighted by Crippen LogP contribution is -2.08. The summed E-state index contributed by atoms with van der Waals surface area (Å²) in [7, 11) is 1.82. The third-order valence-corrected chi connectivity index (χ3v) is 3.77. The van der Waals surface area contributed by atoms with Crippen LogP contribution in [-0.4, -0.2) is 7.11 Å². The van der Waals surface area contributed by atoms with E-state index in [4.69, 9.17) is 4.74 Å². The standard InChI is InChI=1S/C15H16O/c1-11-13-7-5-3-4-6-12(13)10-14(11)15(16-2)8-9-15/h3-7,10H,8-9H2,1-2H3. The molecular weight excluding hydrogens is 196 g/mol. The molecule has 0 aromatic carbocycles. The molecule has 1 saturated carbocycles. The number of ether oxygens (including phenoxy) is 1. The summed E-state index contributed by atoms with van der Waals surface area (Å²) in [5.41, 5.74) is 5.47. The number of rotatable bonds is 2. The molecule has 3 aliphatic carbocycles. The molecular formula is C15H16O. The minimum atomic E-state index is 0.0294. The fourth-order valence-corrected chi connectivity index (χ4v) is 2.61. The average molecular weight is 212 g/mol. The molecule has 0 atom stereocenters. The fraction of sp³-hybridized carbons (Fsp3) is 0.333. The van der Waals surface area contributed by atoms with Crippen molar-refractivity contribution >= 4 is 0 Å². The van der Waals surface area contributed by atoms with Gasteiger partial charge in [0.25, 0.3) is 0 Å². The molecule has 82 valence electrons. The highest BCUT2D eigenvalue weighted by atomic mass is 16.5. The molecule has 0 aromatic rings. The van der Waals surface area contributed by atoms with E-state index in [0.717, 1.165) is 12.8 Å². The van der Waals surface area contributed by atoms with Gasteiger partial charge in [-0.15, -0.1) is 0 Å². The van der Waals surface area contributed by atoms with Gasteiger partial charge in [0.1, 0.15) is 0 Å². The molecule has 0 heterocycles. The second kappa shape index (κ2) is 3.33. The maximum absolute atomic E-state index is 5.67. The second-order valence-corrected chi connectivity index (χ2v) is 4.66. The minimum Gasteiger partial charge on any atom is -0.374 e. The van der Waals surface area contributed by atoms with E-state index in [1.165, 1.54) is 22.3 Å². The van der Waals surface area contributed by atoms with Gasteiger partial charge < -0.3 is 4.74 Å². The van der Waals surface area contributed by atoms with Gasteiger partial charge in [-0.1, -0.05) is 30.3 Å². The van der Waals surface area contributed by atoms with Gasteiger partial charge in [-0.25, -0.2) is 0 Å². The van der Waals surface area contributed by atoms with E-state index in [0.29, 0.717) is 0 Å². The molecule has 1 nitrogen and oxygen atoms in total. The van der Waals surface area contributed by atoms with Crippen LogP contribution in [0.4, 0.5) is 0 Å². The fourth-order valence-electron chi connectivity index (χ4n) is 2.61. The zero-order valence-corrected chi connectivity index (χ0v) is 9.79. The van der Waals surface area contributed by atoms with Crippen LogP contribution in [0.15, 0.2) is 36.4 Å². The van der Waals surface area contributed by atoms with E-state index in [1.54, 1.807) is 0 Å². The van der Waals surface area contributed by atoms with Crippen molar-refractivity contribution in [1.29, 1.82) is 0 Å². The minimum absolute atomic E-state index is 0.0294. The van der Waals surface area contributed by atoms with Crippen molar-refractivity contribution in [3.63, 3.8) is 0 Å². The summed E-state index contributed by atoms with van der Waals surface area (Å²) >= 11 is 0. The largest absolute Gasteiger partial charge is 0.374 e. The molecule has 3 rings (SSSR count). The van der Waals surface area contributed by atoms with E-state index in [1.807, 2.05) is 7.11 Å². The average Bonchev–Trinajstić information content (AvgIpc) is 3.06. The number of methoxy groups -OCH3 is 1. The Morgan fingerprint density at radius 1 is 1.12 bits per heavy atom. The van der Waals surface area contributed by atoms with Gasteiger partial charge in [0.2, 0.25) is 0 Å². The summed E-state index contributed by atoms with van der Waals surface area (Å²) in [5.74, 6) is 0. The van der Waals surface area contributed by atoms with Crippen LogP contribution in [0.5, 0.6) is 0 Å². The SMILES string of the molecule is COC1(c2cc3cccccc-3c2C)CC1. The van der Waals surface area contributed by atoms with E-state index in [2.05, 4.69) is 43.3 Å². The van der Waals surface area contributed by atoms with Gasteiger partial charge in [-0.2, -0.15) is 0 Å². The maximum Gasteiger partial charge on any atom is 0.0932 e. The van der Waals surface area contributed by atoms with Crippen molar-refractivity contribution in [3.8, 4) is 11.1 Å². The Labute approximate surface area is 96.4 Å². The topological polar surface area (TPSA) is 9.23 Å². The van der Waals surface area contributed by atoms with Crippen molar-refractivity contribution in [2.45, 2.75) is 25.4 Å². The second-order valence-electron chi connectivity index (χ2n) is 4.66. The van der Waals surface area contributed by atoms with Crippen molar-refractivity contribution in [2.24, 2.45) is 0 Å². The molecule has 1 fully saturated rings. The summed E-state index contributed by atoms with van der Waals surface area (Å²) in [6.45, 7) is 2.21. The molecule has 0 spiro atoms. The lowest BCUT2D eigenvalue weighted by atomic mass is 10.1. The molecule has 16 heavy (non-hydrogen) atoms. The first-order valence-electron chi connectivity index (χ1n) is 5.81. The molecule has 0 amide bonds. The summed E-state index contributed by atoms with van der Waals surface area (Å²) in [4.78, 5) is 0. The molecule has 3 aliphatic rings. The van der Waals surface area contributed by atoms with Crippen molar-refractivity contribution in [1.82, 2.24) is 0 Å². The summed E-state index contributed by atoms with van der Waals surface area (Å²) in [6, 6.07) is 12.9. The number of fused-ring (bicyclic) bond motifs is 1. The summed E-state index contributed by atoms with van der Waals surface area (Å²) < 4.78 is 5.67. The number of hydrogen-bond donors (Lipinski definition) is 0. The molecule has 0 unspecified atom stereocenters. The number of hydrogen-bond acceptors (Lipinski definition) is 1. The highest BCUT2D eigenvalue weighted by Gasteiger charge is 2.46. The van der Waals surface area contributed by atoms with Crippen LogP contribution in [0, 0.1) is 6.92 Å². The predicted octanol–water partition coefficient (Wildman–Crippen LogP) is 3.74. The third-order valence-electron chi connectivity index (χ3n) is 3.77. The predicted molar refractivity (Wildman–Crippen MR) is 65.7 cm³/mol. The van der Waals surface area contributed by atoms with E-state index in [-0.39, 0.29) is 5.60 Å². The van der Waals surface area contributed by atoms with Gasteiger partial charge in [-0.05, 0) is 48.1 Å². The smallest absolute Gasteiger partial charge is 0.0932 e. The van der Waals surface area contributed by atoms with E-state index < -0.39 is 0 Å². The zero-order valence-electron chi connectivity index (χ0n) is 9.79. The molecule has 0 aromatic heterocycles. The van der Waals surface area contributed by atoms with Gasteiger partial charge >= 0.3 is 0 Å². The van der Waals surface area contributed by atoms with Gasteiger partial charge in [-0.3, -0.25) is 0 Å². The quantitative estimate of drug-likeness (QED) is 0.737. The van der Waals surface area contributed by atoms with E-state index >= 15 is 0 Å². The van der Waals surface area contributed by atoms with Crippen LogP contribution in [0.2, 0.25) is 0 Å². The van der Waals surface area contributed by atoms with Crippen LogP contribution in [-0.2, 0) is 10.3 Å². The Balaban J connectivity index is 2.21. The Kier molecular flexibility index (Phi) is 2.05. The molecule has 0 saturated heterocycles. The third kappa shape index (κ3) is 1.28. The highest BCUT2D eigenvalue weighted by molar-refractivity contribution is 5.74. The monoisotopic (exact) mass is 212 g/mol. The van der Waals surface area contributed by atoms with Crippen molar-refractivity contribution < 1.29 is 4.74 Å². The zero-order chi connectivity index (χ0) is 11.2. The Morgan fingerprint density at radius 2 is 1.88 bits per heavy atom. The highest BCUT2D eigenvalue weighted by Crippen LogP contribution is 2.52. The van der Waals surface area contributed by atoms with Crippen molar-refractivity contribution in [2.75, 3.05) is 7.11 Å². The van der Waals surface area contributed by atoms with Gasteiger partial charge in [0, 0.05) is 7.11 Å². The first kappa shape index (κ1) is 9.86. The Bertz CT molecular complexity index is 497. The Morgan fingerprint density at radius 3 is 2.56 bits per heavy atom. The summed E-state index contributed by atoms with van der Waals surface area (Å²) in [6.07, 6.45) is 2.32. The van der Waals surface area contributed by atoms with Crippen LogP contribution in [0.1, 0.15) is 24.0 Å². The summed E-state index contributed by atoms with van der Waals surface area (Å²) in [5, 5.41) is 0. The van der Waals surface area contributed by atoms with Crippen LogP contribution >= 0.6 is 0 Å². The van der Waals surface area contributed by atoms with Crippen LogP contribution in [0.25, 0.3) is 11.1 Å². The van der Waals surface area contributed by atoms with Crippen LogP contribution in [0.3, 0.4) is 0 Å². The van der Waals surface area contributed by atoms with Crippen LogP contribution < -0.4 is 0 Å².